The molecule has 1 aliphatic rings. The molecule has 6 nitrogen and oxygen atoms in total. The van der Waals surface area contributed by atoms with Crippen LogP contribution >= 0.6 is 0 Å². The van der Waals surface area contributed by atoms with Gasteiger partial charge >= 0.3 is 0 Å². The van der Waals surface area contributed by atoms with Crippen molar-refractivity contribution in [2.75, 3.05) is 12.3 Å². The van der Waals surface area contributed by atoms with E-state index in [4.69, 9.17) is 10.5 Å². The molecule has 178 valence electrons. The predicted molar refractivity (Wildman–Crippen MR) is 134 cm³/mol. The van der Waals surface area contributed by atoms with E-state index < -0.39 is 0 Å². The molecule has 34 heavy (non-hydrogen) atoms. The van der Waals surface area contributed by atoms with Crippen LogP contribution in [-0.4, -0.2) is 28.6 Å². The van der Waals surface area contributed by atoms with Gasteiger partial charge in [0.1, 0.15) is 5.82 Å². The van der Waals surface area contributed by atoms with Gasteiger partial charge in [-0.3, -0.25) is 4.79 Å². The highest BCUT2D eigenvalue weighted by atomic mass is 16.5. The predicted octanol–water partition coefficient (Wildman–Crippen LogP) is 4.56. The monoisotopic (exact) mass is 459 g/mol. The van der Waals surface area contributed by atoms with Crippen molar-refractivity contribution in [2.24, 2.45) is 5.92 Å². The molecule has 1 fully saturated rings. The maximum absolute atomic E-state index is 13.1. The normalized spacial score (nSPS) is 17.6. The number of aryl methyl sites for hydroxylation is 2. The molecule has 0 saturated heterocycles. The van der Waals surface area contributed by atoms with Crippen LogP contribution in [0.3, 0.4) is 0 Å². The SMILES string of the molecule is Cc1ccc(COCC2CCC[C@@H]2NC(=O)c2cc(-c3cccc(CO)c3)cnc2N)cc1C. The molecule has 6 heteroatoms. The van der Waals surface area contributed by atoms with Gasteiger partial charge in [-0.15, -0.1) is 0 Å². The average molecular weight is 460 g/mol. The Kier molecular flexibility index (Phi) is 7.60. The first-order valence-corrected chi connectivity index (χ1v) is 11.8. The number of aliphatic hydroxyl groups is 1. The summed E-state index contributed by atoms with van der Waals surface area (Å²) in [6, 6.07) is 15.8. The van der Waals surface area contributed by atoms with Crippen LogP contribution in [0.5, 0.6) is 0 Å². The number of nitrogens with zero attached hydrogens (tertiary/aromatic N) is 1. The number of carbonyl (C=O) groups is 1. The minimum atomic E-state index is -0.212. The number of hydrogen-bond acceptors (Lipinski definition) is 5. The Morgan fingerprint density at radius 2 is 1.94 bits per heavy atom. The van der Waals surface area contributed by atoms with Gasteiger partial charge < -0.3 is 20.9 Å². The highest BCUT2D eigenvalue weighted by molar-refractivity contribution is 5.99. The number of benzene rings is 2. The van der Waals surface area contributed by atoms with E-state index in [1.165, 1.54) is 16.7 Å². The molecule has 1 unspecified atom stereocenters. The fraction of sp³-hybridized carbons (Fsp3) is 0.357. The van der Waals surface area contributed by atoms with Crippen LogP contribution in [0, 0.1) is 19.8 Å². The Balaban J connectivity index is 1.39. The lowest BCUT2D eigenvalue weighted by Crippen LogP contribution is -2.39. The lowest BCUT2D eigenvalue weighted by atomic mass is 10.0. The van der Waals surface area contributed by atoms with Gasteiger partial charge in [-0.1, -0.05) is 42.8 Å². The third-order valence-electron chi connectivity index (χ3n) is 6.75. The van der Waals surface area contributed by atoms with E-state index in [1.807, 2.05) is 24.3 Å². The first-order chi connectivity index (χ1) is 16.4. The van der Waals surface area contributed by atoms with E-state index in [2.05, 4.69) is 42.3 Å². The summed E-state index contributed by atoms with van der Waals surface area (Å²) in [7, 11) is 0. The van der Waals surface area contributed by atoms with Gasteiger partial charge in [0.05, 0.1) is 25.4 Å². The highest BCUT2D eigenvalue weighted by Gasteiger charge is 2.29. The van der Waals surface area contributed by atoms with Gasteiger partial charge in [0.2, 0.25) is 0 Å². The number of aliphatic hydroxyl groups excluding tert-OH is 1. The van der Waals surface area contributed by atoms with Crippen LogP contribution in [0.2, 0.25) is 0 Å². The van der Waals surface area contributed by atoms with Crippen molar-refractivity contribution in [3.8, 4) is 11.1 Å². The number of carbonyl (C=O) groups excluding carboxylic acids is 1. The van der Waals surface area contributed by atoms with E-state index in [1.54, 1.807) is 12.3 Å². The molecule has 4 N–H and O–H groups in total. The largest absolute Gasteiger partial charge is 0.392 e. The molecule has 2 atom stereocenters. The molecule has 1 saturated carbocycles. The van der Waals surface area contributed by atoms with Gasteiger partial charge in [-0.05, 0) is 66.6 Å². The summed E-state index contributed by atoms with van der Waals surface area (Å²) < 4.78 is 6.03. The molecular weight excluding hydrogens is 426 g/mol. The highest BCUT2D eigenvalue weighted by Crippen LogP contribution is 2.28. The molecule has 4 rings (SSSR count). The summed E-state index contributed by atoms with van der Waals surface area (Å²) >= 11 is 0. The molecule has 0 spiro atoms. The van der Waals surface area contributed by atoms with Crippen molar-refractivity contribution in [1.29, 1.82) is 0 Å². The summed E-state index contributed by atoms with van der Waals surface area (Å²) in [5.41, 5.74) is 12.6. The number of nitrogens with one attached hydrogen (secondary N) is 1. The summed E-state index contributed by atoms with van der Waals surface area (Å²) in [6.45, 7) is 5.36. The molecule has 1 aromatic heterocycles. The first kappa shape index (κ1) is 23.9. The second-order valence-corrected chi connectivity index (χ2v) is 9.22. The van der Waals surface area contributed by atoms with Crippen LogP contribution in [0.4, 0.5) is 5.82 Å². The maximum atomic E-state index is 13.1. The van der Waals surface area contributed by atoms with Gasteiger partial charge in [0, 0.05) is 23.7 Å². The summed E-state index contributed by atoms with van der Waals surface area (Å²) in [6.07, 6.45) is 4.67. The average Bonchev–Trinajstić information content (AvgIpc) is 3.28. The van der Waals surface area contributed by atoms with E-state index in [9.17, 15) is 9.90 Å². The van der Waals surface area contributed by atoms with E-state index in [0.717, 1.165) is 36.0 Å². The number of pyridine rings is 1. The number of anilines is 1. The van der Waals surface area contributed by atoms with Gasteiger partial charge in [0.25, 0.3) is 5.91 Å². The molecular formula is C28H33N3O3. The maximum Gasteiger partial charge on any atom is 0.255 e. The summed E-state index contributed by atoms with van der Waals surface area (Å²) in [5, 5.41) is 12.6. The third kappa shape index (κ3) is 5.64. The number of rotatable bonds is 8. The van der Waals surface area contributed by atoms with Crippen LogP contribution in [0.25, 0.3) is 11.1 Å². The first-order valence-electron chi connectivity index (χ1n) is 11.8. The number of aromatic nitrogens is 1. The third-order valence-corrected chi connectivity index (χ3v) is 6.75. The standard InChI is InChI=1S/C28H33N3O3/c1-18-9-10-21(11-19(18)2)16-34-17-23-7-4-8-26(23)31-28(33)25-13-24(14-30-27(25)29)22-6-3-5-20(12-22)15-32/h3,5-6,9-14,23,26,32H,4,7-8,15-17H2,1-2H3,(H2,29,30)(H,31,33)/t23?,26-/m0/s1. The summed E-state index contributed by atoms with van der Waals surface area (Å²) in [4.78, 5) is 17.4. The number of nitrogens with two attached hydrogens (primary N) is 1. The zero-order valence-electron chi connectivity index (χ0n) is 19.9. The quantitative estimate of drug-likeness (QED) is 0.459. The summed E-state index contributed by atoms with van der Waals surface area (Å²) in [5.74, 6) is 0.269. The van der Waals surface area contributed by atoms with E-state index >= 15 is 0 Å². The Bertz CT molecular complexity index is 1160. The number of nitrogen functional groups attached to an aromatic ring is 1. The van der Waals surface area contributed by atoms with E-state index in [0.29, 0.717) is 18.8 Å². The molecule has 1 amide bonds. The molecule has 0 radical (unpaired) electrons. The number of hydrogen-bond donors (Lipinski definition) is 3. The van der Waals surface area contributed by atoms with Crippen LogP contribution < -0.4 is 11.1 Å². The smallest absolute Gasteiger partial charge is 0.255 e. The Hall–Kier alpha value is -3.22. The minimum absolute atomic E-state index is 0.0434. The molecule has 1 heterocycles. The van der Waals surface area contributed by atoms with Crippen molar-refractivity contribution >= 4 is 11.7 Å². The molecule has 0 bridgehead atoms. The second kappa shape index (κ2) is 10.8. The topological polar surface area (TPSA) is 97.5 Å². The van der Waals surface area contributed by atoms with E-state index in [-0.39, 0.29) is 30.3 Å². The fourth-order valence-corrected chi connectivity index (χ4v) is 4.56. The molecule has 1 aliphatic carbocycles. The lowest BCUT2D eigenvalue weighted by molar-refractivity contribution is 0.0742. The molecule has 2 aromatic carbocycles. The molecule has 0 aliphatic heterocycles. The van der Waals surface area contributed by atoms with Crippen LogP contribution in [-0.2, 0) is 18.0 Å². The zero-order chi connectivity index (χ0) is 24.1. The Labute approximate surface area is 201 Å². The van der Waals surface area contributed by atoms with Gasteiger partial charge in [-0.25, -0.2) is 4.98 Å². The number of ether oxygens (including phenoxy) is 1. The Morgan fingerprint density at radius 1 is 1.09 bits per heavy atom. The lowest BCUT2D eigenvalue weighted by Gasteiger charge is -2.21. The van der Waals surface area contributed by atoms with Crippen LogP contribution in [0.15, 0.2) is 54.7 Å². The van der Waals surface area contributed by atoms with Crippen molar-refractivity contribution in [1.82, 2.24) is 10.3 Å². The molecule has 3 aromatic rings. The van der Waals surface area contributed by atoms with Crippen molar-refractivity contribution < 1.29 is 14.6 Å². The van der Waals surface area contributed by atoms with Crippen molar-refractivity contribution in [3.05, 3.63) is 82.5 Å². The Morgan fingerprint density at radius 3 is 2.74 bits per heavy atom. The zero-order valence-corrected chi connectivity index (χ0v) is 19.9. The second-order valence-electron chi connectivity index (χ2n) is 9.22. The van der Waals surface area contributed by atoms with Crippen LogP contribution in [0.1, 0.15) is 51.9 Å². The van der Waals surface area contributed by atoms with Crippen molar-refractivity contribution in [2.45, 2.75) is 52.4 Å². The fourth-order valence-electron chi connectivity index (χ4n) is 4.56. The number of amides is 1. The van der Waals surface area contributed by atoms with Gasteiger partial charge in [0.15, 0.2) is 0 Å². The minimum Gasteiger partial charge on any atom is -0.392 e. The van der Waals surface area contributed by atoms with Gasteiger partial charge in [-0.2, -0.15) is 0 Å². The van der Waals surface area contributed by atoms with Crippen molar-refractivity contribution in [3.63, 3.8) is 0 Å².